The smallest absolute Gasteiger partial charge is 0.265 e. The zero-order valence-electron chi connectivity index (χ0n) is 14.9. The minimum absolute atomic E-state index is 0.0727. The number of nitrogens with one attached hydrogen (secondary N) is 2. The number of rotatable bonds is 2. The van der Waals surface area contributed by atoms with E-state index in [1.165, 1.54) is 16.4 Å². The fourth-order valence-corrected chi connectivity index (χ4v) is 5.40. The monoisotopic (exact) mass is 391 g/mol. The molecule has 2 atom stereocenters. The van der Waals surface area contributed by atoms with Gasteiger partial charge in [0.1, 0.15) is 5.75 Å². The Labute approximate surface area is 157 Å². The zero-order chi connectivity index (χ0) is 19.2. The summed E-state index contributed by atoms with van der Waals surface area (Å²) in [6, 6.07) is 4.44. The highest BCUT2D eigenvalue weighted by molar-refractivity contribution is 7.89. The van der Waals surface area contributed by atoms with Gasteiger partial charge in [-0.25, -0.2) is 8.42 Å². The van der Waals surface area contributed by atoms with Crippen LogP contribution in [0.5, 0.6) is 5.75 Å². The van der Waals surface area contributed by atoms with E-state index < -0.39 is 21.5 Å². The van der Waals surface area contributed by atoms with Gasteiger partial charge in [0.15, 0.2) is 6.10 Å². The summed E-state index contributed by atoms with van der Waals surface area (Å²) in [7, 11) is -3.80. The average Bonchev–Trinajstić information content (AvgIpc) is 2.65. The molecule has 3 aliphatic rings. The number of sulfonamides is 1. The van der Waals surface area contributed by atoms with Crippen LogP contribution in [0.25, 0.3) is 0 Å². The molecule has 0 radical (unpaired) electrons. The van der Waals surface area contributed by atoms with Crippen LogP contribution in [0.15, 0.2) is 35.4 Å². The van der Waals surface area contributed by atoms with Gasteiger partial charge in [-0.15, -0.1) is 0 Å². The van der Waals surface area contributed by atoms with Gasteiger partial charge >= 0.3 is 0 Å². The molecule has 1 aromatic carbocycles. The molecule has 4 rings (SSSR count). The molecule has 0 saturated carbocycles. The molecule has 0 aliphatic carbocycles. The van der Waals surface area contributed by atoms with E-state index in [-0.39, 0.29) is 23.3 Å². The van der Waals surface area contributed by atoms with E-state index in [1.807, 2.05) is 6.08 Å². The Morgan fingerprint density at radius 3 is 2.89 bits per heavy atom. The number of anilines is 1. The molecule has 1 saturated heterocycles. The molecule has 27 heavy (non-hydrogen) atoms. The van der Waals surface area contributed by atoms with Crippen LogP contribution in [0.1, 0.15) is 26.2 Å². The summed E-state index contributed by atoms with van der Waals surface area (Å²) in [6.07, 6.45) is 4.64. The molecule has 3 aliphatic heterocycles. The number of carbonyl (C=O) groups is 2. The first-order valence-corrected chi connectivity index (χ1v) is 10.3. The number of carbonyl (C=O) groups excluding carboxylic acids is 2. The lowest BCUT2D eigenvalue weighted by Gasteiger charge is -2.41. The maximum absolute atomic E-state index is 13.2. The Kier molecular flexibility index (Phi) is 4.23. The molecule has 1 aromatic rings. The second kappa shape index (κ2) is 6.35. The van der Waals surface area contributed by atoms with E-state index in [2.05, 4.69) is 10.6 Å². The minimum Gasteiger partial charge on any atom is -0.479 e. The van der Waals surface area contributed by atoms with Crippen molar-refractivity contribution in [2.24, 2.45) is 5.41 Å². The summed E-state index contributed by atoms with van der Waals surface area (Å²) in [5.74, 6) is -0.0161. The summed E-state index contributed by atoms with van der Waals surface area (Å²) in [5, 5.41) is 5.37. The van der Waals surface area contributed by atoms with E-state index in [0.29, 0.717) is 37.2 Å². The largest absolute Gasteiger partial charge is 0.479 e. The third kappa shape index (κ3) is 3.00. The first kappa shape index (κ1) is 18.0. The van der Waals surface area contributed by atoms with Crippen molar-refractivity contribution in [3.63, 3.8) is 0 Å². The lowest BCUT2D eigenvalue weighted by molar-refractivity contribution is -0.132. The van der Waals surface area contributed by atoms with Gasteiger partial charge in [-0.05, 0) is 50.6 Å². The molecule has 0 unspecified atom stereocenters. The van der Waals surface area contributed by atoms with Gasteiger partial charge in [0.25, 0.3) is 5.91 Å². The van der Waals surface area contributed by atoms with Crippen LogP contribution in [-0.2, 0) is 19.6 Å². The first-order valence-electron chi connectivity index (χ1n) is 8.90. The van der Waals surface area contributed by atoms with Crippen molar-refractivity contribution in [3.8, 4) is 5.75 Å². The SMILES string of the molecule is C[C@H]1Oc2ccc(S(=O)(=O)N3CCC[C@]4(CC=CNC4=O)C3)cc2NC1=O. The molecule has 1 fully saturated rings. The Hall–Kier alpha value is -2.39. The van der Waals surface area contributed by atoms with Crippen molar-refractivity contribution in [2.75, 3.05) is 18.4 Å². The predicted octanol–water partition coefficient (Wildman–Crippen LogP) is 1.21. The number of fused-ring (bicyclic) bond motifs is 1. The molecule has 0 aromatic heterocycles. The van der Waals surface area contributed by atoms with Crippen LogP contribution in [-0.4, -0.2) is 43.7 Å². The van der Waals surface area contributed by atoms with Crippen molar-refractivity contribution in [2.45, 2.75) is 37.2 Å². The van der Waals surface area contributed by atoms with E-state index >= 15 is 0 Å². The maximum Gasteiger partial charge on any atom is 0.265 e. The molecular formula is C18H21N3O5S. The lowest BCUT2D eigenvalue weighted by atomic mass is 9.76. The maximum atomic E-state index is 13.2. The number of allylic oxidation sites excluding steroid dienone is 1. The number of benzene rings is 1. The summed E-state index contributed by atoms with van der Waals surface area (Å²) < 4.78 is 33.2. The molecule has 0 bridgehead atoms. The van der Waals surface area contributed by atoms with E-state index in [1.54, 1.807) is 19.2 Å². The van der Waals surface area contributed by atoms with Crippen LogP contribution >= 0.6 is 0 Å². The van der Waals surface area contributed by atoms with Gasteiger partial charge in [0.2, 0.25) is 15.9 Å². The topological polar surface area (TPSA) is 105 Å². The highest BCUT2D eigenvalue weighted by Gasteiger charge is 2.45. The summed E-state index contributed by atoms with van der Waals surface area (Å²) in [4.78, 5) is 24.3. The van der Waals surface area contributed by atoms with Gasteiger partial charge < -0.3 is 15.4 Å². The Morgan fingerprint density at radius 2 is 2.11 bits per heavy atom. The van der Waals surface area contributed by atoms with Gasteiger partial charge in [0, 0.05) is 13.1 Å². The van der Waals surface area contributed by atoms with Crippen LogP contribution in [0, 0.1) is 5.41 Å². The van der Waals surface area contributed by atoms with Crippen molar-refractivity contribution < 1.29 is 22.7 Å². The van der Waals surface area contributed by atoms with Gasteiger partial charge in [-0.2, -0.15) is 4.31 Å². The molecule has 8 nitrogen and oxygen atoms in total. The van der Waals surface area contributed by atoms with Crippen molar-refractivity contribution in [3.05, 3.63) is 30.5 Å². The molecular weight excluding hydrogens is 370 g/mol. The second-order valence-electron chi connectivity index (χ2n) is 7.21. The minimum atomic E-state index is -3.80. The van der Waals surface area contributed by atoms with Gasteiger partial charge in [-0.3, -0.25) is 9.59 Å². The fraction of sp³-hybridized carbons (Fsp3) is 0.444. The van der Waals surface area contributed by atoms with Gasteiger partial charge in [0.05, 0.1) is 16.0 Å². The average molecular weight is 391 g/mol. The number of ether oxygens (including phenoxy) is 1. The lowest BCUT2D eigenvalue weighted by Crippen LogP contribution is -2.53. The molecule has 3 heterocycles. The summed E-state index contributed by atoms with van der Waals surface area (Å²) in [6.45, 7) is 2.13. The number of hydrogen-bond donors (Lipinski definition) is 2. The Morgan fingerprint density at radius 1 is 1.30 bits per heavy atom. The highest BCUT2D eigenvalue weighted by Crippen LogP contribution is 2.39. The number of hydrogen-bond acceptors (Lipinski definition) is 5. The van der Waals surface area contributed by atoms with E-state index in [4.69, 9.17) is 4.74 Å². The van der Waals surface area contributed by atoms with Crippen molar-refractivity contribution in [1.82, 2.24) is 9.62 Å². The van der Waals surface area contributed by atoms with E-state index in [0.717, 1.165) is 0 Å². The van der Waals surface area contributed by atoms with Crippen molar-refractivity contribution in [1.29, 1.82) is 0 Å². The molecule has 2 amide bonds. The molecule has 2 N–H and O–H groups in total. The second-order valence-corrected chi connectivity index (χ2v) is 9.15. The van der Waals surface area contributed by atoms with Crippen molar-refractivity contribution >= 4 is 27.5 Å². The number of nitrogens with zero attached hydrogens (tertiary/aromatic N) is 1. The molecule has 144 valence electrons. The third-order valence-corrected chi connectivity index (χ3v) is 7.23. The zero-order valence-corrected chi connectivity index (χ0v) is 15.7. The van der Waals surface area contributed by atoms with Crippen LogP contribution < -0.4 is 15.4 Å². The van der Waals surface area contributed by atoms with Crippen LogP contribution in [0.3, 0.4) is 0 Å². The van der Waals surface area contributed by atoms with Crippen LogP contribution in [0.2, 0.25) is 0 Å². The summed E-state index contributed by atoms with van der Waals surface area (Å²) in [5.41, 5.74) is -0.384. The highest BCUT2D eigenvalue weighted by atomic mass is 32.2. The molecule has 9 heteroatoms. The molecule has 1 spiro atoms. The first-order chi connectivity index (χ1) is 12.8. The van der Waals surface area contributed by atoms with Crippen LogP contribution in [0.4, 0.5) is 5.69 Å². The van der Waals surface area contributed by atoms with Gasteiger partial charge in [-0.1, -0.05) is 6.08 Å². The number of piperidine rings is 1. The standard InChI is InChI=1S/C18H21N3O5S/c1-12-16(22)20-14-10-13(4-5-15(14)26-12)27(24,25)21-9-3-7-18(11-21)6-2-8-19-17(18)23/h2,4-5,8,10,12H,3,6-7,9,11H2,1H3,(H,19,23)(H,20,22)/t12-,18-/m1/s1. The number of amides is 2. The Balaban J connectivity index is 1.64. The Bertz CT molecular complexity index is 942. The quantitative estimate of drug-likeness (QED) is 0.789. The van der Waals surface area contributed by atoms with E-state index in [9.17, 15) is 18.0 Å². The third-order valence-electron chi connectivity index (χ3n) is 5.38. The fourth-order valence-electron chi connectivity index (χ4n) is 3.81. The summed E-state index contributed by atoms with van der Waals surface area (Å²) >= 11 is 0. The normalized spacial score (nSPS) is 28.3. The predicted molar refractivity (Wildman–Crippen MR) is 97.5 cm³/mol.